The molecule has 1 fully saturated rings. The minimum absolute atomic E-state index is 0.0391. The lowest BCUT2D eigenvalue weighted by Crippen LogP contribution is -2.50. The second kappa shape index (κ2) is 8.67. The van der Waals surface area contributed by atoms with Gasteiger partial charge in [-0.05, 0) is 36.4 Å². The number of hydrogen-bond acceptors (Lipinski definition) is 5. The van der Waals surface area contributed by atoms with Crippen molar-refractivity contribution in [3.8, 4) is 0 Å². The average Bonchev–Trinajstić information content (AvgIpc) is 2.83. The van der Waals surface area contributed by atoms with Crippen LogP contribution in [0.5, 0.6) is 0 Å². The molecular formula is C25H22ClN5O2. The Hall–Kier alpha value is -3.71. The molecule has 4 aromatic rings. The molecule has 2 amide bonds. The summed E-state index contributed by atoms with van der Waals surface area (Å²) < 4.78 is 0. The summed E-state index contributed by atoms with van der Waals surface area (Å²) >= 11 is 6.15. The second-order valence-corrected chi connectivity index (χ2v) is 8.48. The summed E-state index contributed by atoms with van der Waals surface area (Å²) in [6.45, 7) is 3.70. The Morgan fingerprint density at radius 3 is 2.48 bits per heavy atom. The van der Waals surface area contributed by atoms with Gasteiger partial charge in [-0.15, -0.1) is 0 Å². The fraction of sp³-hybridized carbons (Fsp3) is 0.200. The number of carbonyl (C=O) groups is 2. The normalized spacial score (nSPS) is 14.0. The van der Waals surface area contributed by atoms with Gasteiger partial charge >= 0.3 is 0 Å². The predicted molar refractivity (Wildman–Crippen MR) is 130 cm³/mol. The summed E-state index contributed by atoms with van der Waals surface area (Å²) in [7, 11) is 0. The first-order valence-electron chi connectivity index (χ1n) is 10.7. The van der Waals surface area contributed by atoms with Crippen molar-refractivity contribution in [3.63, 3.8) is 0 Å². The number of anilines is 2. The number of pyridine rings is 2. The van der Waals surface area contributed by atoms with Crippen LogP contribution in [0, 0.1) is 0 Å². The van der Waals surface area contributed by atoms with Crippen molar-refractivity contribution in [1.29, 1.82) is 0 Å². The van der Waals surface area contributed by atoms with Gasteiger partial charge in [0, 0.05) is 77.9 Å². The van der Waals surface area contributed by atoms with Gasteiger partial charge in [-0.25, -0.2) is 4.98 Å². The number of benzene rings is 2. The van der Waals surface area contributed by atoms with E-state index in [2.05, 4.69) is 10.3 Å². The topological polar surface area (TPSA) is 78.4 Å². The van der Waals surface area contributed by atoms with Crippen LogP contribution in [0.4, 0.5) is 11.5 Å². The van der Waals surface area contributed by atoms with Gasteiger partial charge in [0.25, 0.3) is 5.91 Å². The number of nitrogens with one attached hydrogen (secondary N) is 1. The molecule has 0 aliphatic carbocycles. The average molecular weight is 460 g/mol. The minimum Gasteiger partial charge on any atom is -0.340 e. The Kier molecular flexibility index (Phi) is 5.56. The van der Waals surface area contributed by atoms with Crippen molar-refractivity contribution < 1.29 is 9.59 Å². The lowest BCUT2D eigenvalue weighted by Gasteiger charge is -2.34. The van der Waals surface area contributed by atoms with Gasteiger partial charge in [0.2, 0.25) is 5.91 Å². The van der Waals surface area contributed by atoms with Gasteiger partial charge in [0.05, 0.1) is 5.52 Å². The molecule has 1 N–H and O–H groups in total. The molecule has 1 aliphatic rings. The molecule has 0 bridgehead atoms. The van der Waals surface area contributed by atoms with Crippen LogP contribution in [-0.2, 0) is 4.79 Å². The highest BCUT2D eigenvalue weighted by Crippen LogP contribution is 2.31. The zero-order valence-electron chi connectivity index (χ0n) is 18.1. The van der Waals surface area contributed by atoms with E-state index < -0.39 is 0 Å². The molecule has 7 nitrogen and oxygen atoms in total. The van der Waals surface area contributed by atoms with Crippen LogP contribution in [0.3, 0.4) is 0 Å². The van der Waals surface area contributed by atoms with Crippen molar-refractivity contribution >= 4 is 56.6 Å². The van der Waals surface area contributed by atoms with Gasteiger partial charge < -0.3 is 15.1 Å². The molecular weight excluding hydrogens is 438 g/mol. The van der Waals surface area contributed by atoms with Crippen LogP contribution in [-0.4, -0.2) is 57.8 Å². The Balaban J connectivity index is 1.51. The predicted octanol–water partition coefficient (Wildman–Crippen LogP) is 4.48. The summed E-state index contributed by atoms with van der Waals surface area (Å²) in [4.78, 5) is 37.4. The molecule has 2 aromatic heterocycles. The maximum atomic E-state index is 13.1. The number of piperazine rings is 1. The smallest absolute Gasteiger partial charge is 0.254 e. The Labute approximate surface area is 196 Å². The first-order chi connectivity index (χ1) is 16.0. The van der Waals surface area contributed by atoms with E-state index in [1.807, 2.05) is 54.7 Å². The molecule has 0 radical (unpaired) electrons. The third kappa shape index (κ3) is 4.19. The lowest BCUT2D eigenvalue weighted by atomic mass is 10.0. The van der Waals surface area contributed by atoms with E-state index in [1.54, 1.807) is 22.9 Å². The molecule has 2 aromatic carbocycles. The summed E-state index contributed by atoms with van der Waals surface area (Å²) in [6, 6.07) is 14.9. The number of rotatable bonds is 3. The fourth-order valence-electron chi connectivity index (χ4n) is 4.19. The van der Waals surface area contributed by atoms with Crippen molar-refractivity contribution in [2.24, 2.45) is 0 Å². The van der Waals surface area contributed by atoms with Crippen molar-refractivity contribution in [2.75, 3.05) is 31.5 Å². The van der Waals surface area contributed by atoms with Crippen LogP contribution in [0.2, 0.25) is 5.02 Å². The van der Waals surface area contributed by atoms with Crippen LogP contribution >= 0.6 is 11.6 Å². The molecule has 5 rings (SSSR count). The zero-order valence-corrected chi connectivity index (χ0v) is 18.8. The number of nitrogens with zero attached hydrogens (tertiary/aromatic N) is 4. The minimum atomic E-state index is -0.0578. The summed E-state index contributed by atoms with van der Waals surface area (Å²) in [6.07, 6.45) is 3.54. The number of halogens is 1. The number of hydrogen-bond donors (Lipinski definition) is 1. The maximum absolute atomic E-state index is 13.1. The molecule has 33 heavy (non-hydrogen) atoms. The number of aromatic nitrogens is 2. The number of amides is 2. The third-order valence-corrected chi connectivity index (χ3v) is 6.18. The van der Waals surface area contributed by atoms with Crippen LogP contribution in [0.15, 0.2) is 60.9 Å². The first kappa shape index (κ1) is 21.2. The number of fused-ring (bicyclic) bond motifs is 3. The van der Waals surface area contributed by atoms with E-state index in [-0.39, 0.29) is 11.8 Å². The van der Waals surface area contributed by atoms with Crippen molar-refractivity contribution in [3.05, 3.63) is 71.5 Å². The van der Waals surface area contributed by atoms with Crippen molar-refractivity contribution in [1.82, 2.24) is 19.8 Å². The molecule has 3 heterocycles. The third-order valence-electron chi connectivity index (χ3n) is 5.94. The van der Waals surface area contributed by atoms with Gasteiger partial charge in [-0.2, -0.15) is 0 Å². The van der Waals surface area contributed by atoms with E-state index in [0.717, 1.165) is 21.8 Å². The zero-order chi connectivity index (χ0) is 22.9. The van der Waals surface area contributed by atoms with E-state index in [1.165, 1.54) is 0 Å². The highest BCUT2D eigenvalue weighted by molar-refractivity contribution is 6.30. The summed E-state index contributed by atoms with van der Waals surface area (Å²) in [5.74, 6) is 0.650. The second-order valence-electron chi connectivity index (χ2n) is 8.05. The van der Waals surface area contributed by atoms with E-state index >= 15 is 0 Å². The summed E-state index contributed by atoms with van der Waals surface area (Å²) in [5.41, 5.74) is 2.10. The van der Waals surface area contributed by atoms with Crippen LogP contribution in [0.25, 0.3) is 21.7 Å². The SMILES string of the molecule is CC(=O)N1CCN(C(=O)c2ccc3c(c2)nc(Nc2cccc(Cl)c2)c2ccncc23)CC1. The highest BCUT2D eigenvalue weighted by atomic mass is 35.5. The first-order valence-corrected chi connectivity index (χ1v) is 11.1. The van der Waals surface area contributed by atoms with Crippen LogP contribution < -0.4 is 5.32 Å². The Morgan fingerprint density at radius 1 is 0.939 bits per heavy atom. The van der Waals surface area contributed by atoms with E-state index in [9.17, 15) is 9.59 Å². The fourth-order valence-corrected chi connectivity index (χ4v) is 4.38. The van der Waals surface area contributed by atoms with Gasteiger partial charge in [-0.3, -0.25) is 14.6 Å². The van der Waals surface area contributed by atoms with Gasteiger partial charge in [0.1, 0.15) is 5.82 Å². The largest absolute Gasteiger partial charge is 0.340 e. The Bertz CT molecular complexity index is 1380. The van der Waals surface area contributed by atoms with Crippen molar-refractivity contribution in [2.45, 2.75) is 6.92 Å². The number of carbonyl (C=O) groups excluding carboxylic acids is 2. The monoisotopic (exact) mass is 459 g/mol. The highest BCUT2D eigenvalue weighted by Gasteiger charge is 2.23. The van der Waals surface area contributed by atoms with Gasteiger partial charge in [0.15, 0.2) is 0 Å². The van der Waals surface area contributed by atoms with Gasteiger partial charge in [-0.1, -0.05) is 23.7 Å². The molecule has 166 valence electrons. The van der Waals surface area contributed by atoms with E-state index in [4.69, 9.17) is 16.6 Å². The maximum Gasteiger partial charge on any atom is 0.254 e. The molecule has 0 spiro atoms. The quantitative estimate of drug-likeness (QED) is 0.457. The molecule has 0 unspecified atom stereocenters. The molecule has 1 aliphatic heterocycles. The Morgan fingerprint density at radius 2 is 1.73 bits per heavy atom. The molecule has 0 saturated carbocycles. The van der Waals surface area contributed by atoms with E-state index in [0.29, 0.717) is 48.1 Å². The lowest BCUT2D eigenvalue weighted by molar-refractivity contribution is -0.130. The molecule has 1 saturated heterocycles. The van der Waals surface area contributed by atoms with Crippen LogP contribution in [0.1, 0.15) is 17.3 Å². The molecule has 8 heteroatoms. The summed E-state index contributed by atoms with van der Waals surface area (Å²) in [5, 5.41) is 6.78. The standard InChI is InChI=1S/C25H22ClN5O2/c1-16(32)30-9-11-31(12-10-30)25(33)17-5-6-20-22-15-27-8-7-21(22)24(29-23(20)13-17)28-19-4-2-3-18(26)14-19/h2-8,13-15H,9-12H2,1H3,(H,28,29). The molecule has 0 atom stereocenters.